The van der Waals surface area contributed by atoms with Crippen LogP contribution >= 0.6 is 0 Å². The van der Waals surface area contributed by atoms with Gasteiger partial charge in [0.1, 0.15) is 0 Å². The first-order chi connectivity index (χ1) is 13.8. The van der Waals surface area contributed by atoms with Crippen molar-refractivity contribution in [3.05, 3.63) is 60.3 Å². The van der Waals surface area contributed by atoms with Gasteiger partial charge in [0, 0.05) is 0 Å². The van der Waals surface area contributed by atoms with Crippen molar-refractivity contribution in [2.24, 2.45) is 0 Å². The van der Waals surface area contributed by atoms with Crippen LogP contribution in [-0.2, 0) is 18.6 Å². The largest absolute Gasteiger partial charge is 0.598 e. The molecule has 30 heavy (non-hydrogen) atoms. The Morgan fingerprint density at radius 2 is 0.733 bits per heavy atom. The Balaban J connectivity index is 1.42. The van der Waals surface area contributed by atoms with E-state index in [1.165, 1.54) is 0 Å². The highest BCUT2D eigenvalue weighted by atomic mass is 16.7. The monoisotopic (exact) mass is 410 g/mol. The van der Waals surface area contributed by atoms with Crippen molar-refractivity contribution in [3.63, 3.8) is 0 Å². The summed E-state index contributed by atoms with van der Waals surface area (Å²) in [5.41, 5.74) is 0.800. The summed E-state index contributed by atoms with van der Waals surface area (Å²) in [7, 11) is -0.851. The lowest BCUT2D eigenvalue weighted by molar-refractivity contribution is 0.00578. The maximum absolute atomic E-state index is 6.11. The molecule has 2 fully saturated rings. The van der Waals surface area contributed by atoms with Crippen molar-refractivity contribution in [2.75, 3.05) is 0 Å². The van der Waals surface area contributed by atoms with Crippen LogP contribution in [0.4, 0.5) is 0 Å². The third-order valence-corrected chi connectivity index (χ3v) is 7.01. The van der Waals surface area contributed by atoms with Gasteiger partial charge in [-0.1, -0.05) is 0 Å². The summed E-state index contributed by atoms with van der Waals surface area (Å²) in [6.45, 7) is 16.5. The van der Waals surface area contributed by atoms with Crippen LogP contribution in [0.25, 0.3) is 0 Å². The molecule has 6 nitrogen and oxygen atoms in total. The summed E-state index contributed by atoms with van der Waals surface area (Å²) in [5, 5.41) is 0. The molecule has 0 unspecified atom stereocenters. The van der Waals surface area contributed by atoms with Gasteiger partial charge in [-0.15, -0.1) is 0 Å². The molecular weight excluding hydrogens is 378 g/mol. The highest BCUT2D eigenvalue weighted by molar-refractivity contribution is 6.43. The third kappa shape index (κ3) is 3.60. The van der Waals surface area contributed by atoms with Crippen LogP contribution < -0.4 is 0 Å². The van der Waals surface area contributed by atoms with E-state index in [1.807, 2.05) is 34.4 Å². The normalized spacial score (nSPS) is 28.3. The van der Waals surface area contributed by atoms with Crippen molar-refractivity contribution in [1.29, 1.82) is 0 Å². The number of nitrogens with zero attached hydrogens (tertiary/aromatic N) is 2. The van der Waals surface area contributed by atoms with E-state index in [0.717, 1.165) is 11.1 Å². The van der Waals surface area contributed by atoms with Gasteiger partial charge in [-0.3, -0.25) is 0 Å². The quantitative estimate of drug-likeness (QED) is 0.638. The zero-order valence-corrected chi connectivity index (χ0v) is 19.3. The molecule has 4 heterocycles. The molecule has 0 bridgehead atoms. The number of hydrogen-bond donors (Lipinski definition) is 0. The molecule has 4 rings (SSSR count). The summed E-state index contributed by atoms with van der Waals surface area (Å²) in [6, 6.07) is 0. The molecule has 0 aliphatic carbocycles. The fourth-order valence-corrected chi connectivity index (χ4v) is 3.41. The number of hydrogen-bond acceptors (Lipinski definition) is 6. The number of rotatable bonds is 2. The Morgan fingerprint density at radius 3 is 0.967 bits per heavy atom. The molecule has 0 aromatic rings. The fraction of sp³-hybridized carbons (Fsp3) is 0.545. The van der Waals surface area contributed by atoms with Gasteiger partial charge in [-0.05, 0) is 116 Å². The van der Waals surface area contributed by atoms with Gasteiger partial charge in [0.2, 0.25) is 0 Å². The van der Waals surface area contributed by atoms with Crippen LogP contribution in [0.1, 0.15) is 55.4 Å². The molecule has 4 aliphatic heterocycles. The van der Waals surface area contributed by atoms with E-state index >= 15 is 0 Å². The van der Waals surface area contributed by atoms with Crippen molar-refractivity contribution in [2.45, 2.75) is 77.8 Å². The predicted molar refractivity (Wildman–Crippen MR) is 119 cm³/mol. The van der Waals surface area contributed by atoms with Gasteiger partial charge in [-0.2, -0.15) is 0 Å². The first kappa shape index (κ1) is 21.5. The van der Waals surface area contributed by atoms with Gasteiger partial charge in [0.25, 0.3) is 0 Å². The van der Waals surface area contributed by atoms with Crippen LogP contribution in [0.2, 0.25) is 0 Å². The zero-order valence-electron chi connectivity index (χ0n) is 19.3. The van der Waals surface area contributed by atoms with Crippen LogP contribution in [0.15, 0.2) is 60.3 Å². The standard InChI is InChI=1S/C22H32B2N2O4/c1-19(2)20(3,4)28-23(27-19)25-13-9-17(10-14-25)18-11-15-26(16-12-18)24-29-21(5,6)22(7,8)30-24/h9-16H,1-8H3. The van der Waals surface area contributed by atoms with E-state index in [0.29, 0.717) is 0 Å². The summed E-state index contributed by atoms with van der Waals surface area (Å²) in [6.07, 6.45) is 16.2. The van der Waals surface area contributed by atoms with E-state index in [2.05, 4.69) is 79.7 Å². The summed E-state index contributed by atoms with van der Waals surface area (Å²) in [5.74, 6) is 0. The third-order valence-electron chi connectivity index (χ3n) is 7.01. The average Bonchev–Trinajstić information content (AvgIpc) is 3.02. The highest BCUT2D eigenvalue weighted by Gasteiger charge is 2.54. The summed E-state index contributed by atoms with van der Waals surface area (Å²) < 4.78 is 24.4. The highest BCUT2D eigenvalue weighted by Crippen LogP contribution is 2.39. The van der Waals surface area contributed by atoms with E-state index in [-0.39, 0.29) is 22.4 Å². The molecule has 0 N–H and O–H groups in total. The van der Waals surface area contributed by atoms with Gasteiger partial charge in [-0.25, -0.2) is 0 Å². The summed E-state index contributed by atoms with van der Waals surface area (Å²) >= 11 is 0. The minimum absolute atomic E-state index is 0.357. The maximum atomic E-state index is 6.11. The second-order valence-corrected chi connectivity index (χ2v) is 10.2. The Labute approximate surface area is 181 Å². The molecule has 4 aliphatic rings. The molecule has 0 amide bonds. The molecular formula is C22H32B2N2O4. The second kappa shape index (κ2) is 6.89. The zero-order chi connectivity index (χ0) is 21.9. The number of allylic oxidation sites excluding steroid dienone is 6. The molecule has 160 valence electrons. The maximum Gasteiger partial charge on any atom is 0.598 e. The van der Waals surface area contributed by atoms with Crippen molar-refractivity contribution >= 4 is 14.5 Å². The van der Waals surface area contributed by atoms with Crippen LogP contribution in [0, 0.1) is 0 Å². The lowest BCUT2D eigenvalue weighted by Crippen LogP contribution is -2.41. The molecule has 0 spiro atoms. The Bertz CT molecular complexity index is 736. The molecule has 0 saturated carbocycles. The van der Waals surface area contributed by atoms with Crippen molar-refractivity contribution in [3.8, 4) is 0 Å². The minimum Gasteiger partial charge on any atom is -0.384 e. The first-order valence-corrected chi connectivity index (χ1v) is 10.5. The fourth-order valence-electron chi connectivity index (χ4n) is 3.41. The van der Waals surface area contributed by atoms with Gasteiger partial charge in [0.05, 0.1) is 22.4 Å². The van der Waals surface area contributed by atoms with E-state index in [4.69, 9.17) is 18.6 Å². The lowest BCUT2D eigenvalue weighted by atomic mass is 9.90. The van der Waals surface area contributed by atoms with E-state index in [1.54, 1.807) is 0 Å². The average molecular weight is 410 g/mol. The van der Waals surface area contributed by atoms with Crippen LogP contribution in [-0.4, -0.2) is 46.5 Å². The first-order valence-electron chi connectivity index (χ1n) is 10.5. The molecule has 2 saturated heterocycles. The van der Waals surface area contributed by atoms with E-state index in [9.17, 15) is 0 Å². The second-order valence-electron chi connectivity index (χ2n) is 10.2. The molecule has 0 aromatic carbocycles. The Hall–Kier alpha value is -1.73. The van der Waals surface area contributed by atoms with Crippen LogP contribution in [0.3, 0.4) is 0 Å². The van der Waals surface area contributed by atoms with Gasteiger partial charge in [0.15, 0.2) is 0 Å². The lowest BCUT2D eigenvalue weighted by Gasteiger charge is -2.32. The Morgan fingerprint density at radius 1 is 0.500 bits per heavy atom. The SMILES string of the molecule is CC1(C)OB(N2C=CC(=C3C=CN(B4OC(C)(C)C(C)(C)O4)C=C3)C=C2)OC1(C)C. The minimum atomic E-state index is -0.426. The molecule has 0 aromatic heterocycles. The van der Waals surface area contributed by atoms with Gasteiger partial charge < -0.3 is 28.2 Å². The van der Waals surface area contributed by atoms with E-state index < -0.39 is 14.5 Å². The molecule has 8 heteroatoms. The van der Waals surface area contributed by atoms with Gasteiger partial charge >= 0.3 is 14.5 Å². The summed E-state index contributed by atoms with van der Waals surface area (Å²) in [4.78, 5) is 3.90. The smallest absolute Gasteiger partial charge is 0.384 e. The molecule has 0 atom stereocenters. The Kier molecular flexibility index (Phi) is 4.94. The predicted octanol–water partition coefficient (Wildman–Crippen LogP) is 4.15. The van der Waals surface area contributed by atoms with Crippen molar-refractivity contribution in [1.82, 2.24) is 9.62 Å². The van der Waals surface area contributed by atoms with Crippen LogP contribution in [0.5, 0.6) is 0 Å². The molecule has 0 radical (unpaired) electrons. The topological polar surface area (TPSA) is 43.4 Å². The van der Waals surface area contributed by atoms with Crippen molar-refractivity contribution < 1.29 is 18.6 Å².